The van der Waals surface area contributed by atoms with E-state index < -0.39 is 32.2 Å². The second-order valence-corrected chi connectivity index (χ2v) is 13.0. The predicted octanol–water partition coefficient (Wildman–Crippen LogP) is 3.21. The molecule has 3 aromatic rings. The van der Waals surface area contributed by atoms with Crippen molar-refractivity contribution >= 4 is 44.4 Å². The molecule has 1 aromatic carbocycles. The summed E-state index contributed by atoms with van der Waals surface area (Å²) in [7, 11) is -2.53. The number of nitriles is 1. The van der Waals surface area contributed by atoms with Gasteiger partial charge in [-0.3, -0.25) is 9.36 Å². The lowest BCUT2D eigenvalue weighted by molar-refractivity contribution is 0.0500. The van der Waals surface area contributed by atoms with Gasteiger partial charge in [0, 0.05) is 37.5 Å². The van der Waals surface area contributed by atoms with Crippen molar-refractivity contribution in [1.82, 2.24) is 19.4 Å². The predicted molar refractivity (Wildman–Crippen MR) is 148 cm³/mol. The summed E-state index contributed by atoms with van der Waals surface area (Å²) in [6.07, 6.45) is 1.81. The van der Waals surface area contributed by atoms with E-state index in [1.165, 1.54) is 7.05 Å². The number of rotatable bonds is 5. The Kier molecular flexibility index (Phi) is 7.69. The molecule has 1 fully saturated rings. The number of sulfone groups is 1. The lowest BCUT2D eigenvalue weighted by atomic mass is 10.1. The minimum Gasteiger partial charge on any atom is -0.444 e. The van der Waals surface area contributed by atoms with Crippen LogP contribution in [0.1, 0.15) is 44.7 Å². The molecule has 1 amide bonds. The summed E-state index contributed by atoms with van der Waals surface area (Å²) in [6.45, 7) is 6.37. The van der Waals surface area contributed by atoms with Gasteiger partial charge >= 0.3 is 6.09 Å². The zero-order valence-corrected chi connectivity index (χ0v) is 24.1. The van der Waals surface area contributed by atoms with Crippen molar-refractivity contribution in [3.05, 3.63) is 50.8 Å². The third-order valence-electron chi connectivity index (χ3n) is 6.38. The number of carbonyl (C=O) groups excluding carboxylic acids is 1. The molecule has 1 atom stereocenters. The van der Waals surface area contributed by atoms with Crippen molar-refractivity contribution in [2.24, 2.45) is 7.05 Å². The highest BCUT2D eigenvalue weighted by molar-refractivity contribution is 7.90. The van der Waals surface area contributed by atoms with Crippen molar-refractivity contribution in [2.45, 2.75) is 57.0 Å². The summed E-state index contributed by atoms with van der Waals surface area (Å²) in [5, 5.41) is 13.2. The number of piperidine rings is 1. The van der Waals surface area contributed by atoms with Crippen LogP contribution in [-0.2, 0) is 28.2 Å². The topological polar surface area (TPSA) is 139 Å². The molecular weight excluding hydrogens is 544 g/mol. The number of alkyl carbamates (subject to hydrolysis) is 1. The van der Waals surface area contributed by atoms with Gasteiger partial charge < -0.3 is 19.5 Å². The van der Waals surface area contributed by atoms with E-state index in [-0.39, 0.29) is 29.2 Å². The lowest BCUT2D eigenvalue weighted by Gasteiger charge is -2.35. The first-order valence-electron chi connectivity index (χ1n) is 12.4. The minimum absolute atomic E-state index is 0.00491. The second kappa shape index (κ2) is 10.5. The molecule has 4 rings (SSSR count). The number of ether oxygens (including phenoxy) is 1. The molecule has 2 aromatic heterocycles. The van der Waals surface area contributed by atoms with Crippen LogP contribution in [0.25, 0.3) is 11.0 Å². The van der Waals surface area contributed by atoms with Gasteiger partial charge in [0.1, 0.15) is 34.1 Å². The Bertz CT molecular complexity index is 1650. The normalized spacial score (nSPS) is 16.2. The van der Waals surface area contributed by atoms with Gasteiger partial charge in [0.2, 0.25) is 15.0 Å². The van der Waals surface area contributed by atoms with Crippen molar-refractivity contribution in [1.29, 1.82) is 5.26 Å². The third kappa shape index (κ3) is 5.89. The number of nitrogens with zero attached hydrogens (tertiary/aromatic N) is 5. The molecule has 0 aliphatic carbocycles. The van der Waals surface area contributed by atoms with Crippen LogP contribution in [0.3, 0.4) is 0 Å². The smallest absolute Gasteiger partial charge is 0.407 e. The minimum atomic E-state index is -3.87. The molecule has 0 saturated carbocycles. The highest BCUT2D eigenvalue weighted by Gasteiger charge is 2.32. The summed E-state index contributed by atoms with van der Waals surface area (Å²) in [6, 6.07) is 9.02. The number of halogens is 1. The van der Waals surface area contributed by atoms with E-state index in [2.05, 4.69) is 16.4 Å². The van der Waals surface area contributed by atoms with Gasteiger partial charge in [0.15, 0.2) is 0 Å². The average molecular weight is 575 g/mol. The standard InChI is InChI=1S/C26H31ClN6O5S/c1-26(2,3)38-25(35)29-17-10-8-12-32(15-17)22-18(13-28)20-21(23(34)31(4)24(30-20)39(5,36)37)33(22)14-16-9-6-7-11-19(16)27/h6-7,9,11,17H,8,10,12,14-15H2,1-5H3,(H,29,35)/t17-/m1/s1. The summed E-state index contributed by atoms with van der Waals surface area (Å²) in [5.74, 6) is 0.415. The first-order valence-corrected chi connectivity index (χ1v) is 14.7. The van der Waals surface area contributed by atoms with E-state index in [0.717, 1.165) is 10.8 Å². The van der Waals surface area contributed by atoms with E-state index in [0.29, 0.717) is 42.3 Å². The van der Waals surface area contributed by atoms with Gasteiger partial charge in [-0.2, -0.15) is 5.26 Å². The summed E-state index contributed by atoms with van der Waals surface area (Å²) in [5.41, 5.74) is -0.370. The molecule has 39 heavy (non-hydrogen) atoms. The maximum atomic E-state index is 13.6. The Morgan fingerprint density at radius 2 is 2.00 bits per heavy atom. The van der Waals surface area contributed by atoms with Crippen molar-refractivity contribution in [2.75, 3.05) is 24.2 Å². The maximum Gasteiger partial charge on any atom is 0.407 e. The van der Waals surface area contributed by atoms with Gasteiger partial charge in [-0.15, -0.1) is 0 Å². The summed E-state index contributed by atoms with van der Waals surface area (Å²) >= 11 is 6.46. The van der Waals surface area contributed by atoms with E-state index in [1.807, 2.05) is 17.0 Å². The monoisotopic (exact) mass is 574 g/mol. The van der Waals surface area contributed by atoms with Gasteiger partial charge in [0.25, 0.3) is 5.56 Å². The molecule has 0 unspecified atom stereocenters. The number of anilines is 1. The molecule has 0 radical (unpaired) electrons. The number of carbonyl (C=O) groups is 1. The zero-order chi connectivity index (χ0) is 28.7. The zero-order valence-electron chi connectivity index (χ0n) is 22.5. The van der Waals surface area contributed by atoms with Crippen LogP contribution in [0.2, 0.25) is 5.02 Å². The number of aromatic nitrogens is 3. The van der Waals surface area contributed by atoms with Gasteiger partial charge in [-0.05, 0) is 45.2 Å². The number of hydrogen-bond donors (Lipinski definition) is 1. The molecule has 1 aliphatic rings. The Labute approximate surface area is 231 Å². The Morgan fingerprint density at radius 1 is 1.31 bits per heavy atom. The molecule has 208 valence electrons. The number of benzene rings is 1. The van der Waals surface area contributed by atoms with E-state index in [1.54, 1.807) is 37.5 Å². The van der Waals surface area contributed by atoms with Crippen molar-refractivity contribution in [3.63, 3.8) is 0 Å². The molecule has 1 aliphatic heterocycles. The second-order valence-electron chi connectivity index (χ2n) is 10.6. The number of fused-ring (bicyclic) bond motifs is 1. The van der Waals surface area contributed by atoms with E-state index in [9.17, 15) is 23.3 Å². The molecule has 0 bridgehead atoms. The fourth-order valence-electron chi connectivity index (χ4n) is 4.81. The Balaban J connectivity index is 1.89. The van der Waals surface area contributed by atoms with Crippen LogP contribution < -0.4 is 15.8 Å². The molecular formula is C26H31ClN6O5S. The summed E-state index contributed by atoms with van der Waals surface area (Å²) < 4.78 is 32.9. The van der Waals surface area contributed by atoms with Crippen LogP contribution in [0, 0.1) is 11.3 Å². The first-order chi connectivity index (χ1) is 18.2. The number of amides is 1. The average Bonchev–Trinajstić information content (AvgIpc) is 3.14. The van der Waals surface area contributed by atoms with Crippen molar-refractivity contribution < 1.29 is 17.9 Å². The fourth-order valence-corrected chi connectivity index (χ4v) is 5.84. The highest BCUT2D eigenvalue weighted by Crippen LogP contribution is 2.34. The van der Waals surface area contributed by atoms with Gasteiger partial charge in [0.05, 0.1) is 6.54 Å². The lowest BCUT2D eigenvalue weighted by Crippen LogP contribution is -2.49. The number of nitrogens with one attached hydrogen (secondary N) is 1. The van der Waals surface area contributed by atoms with Gasteiger partial charge in [-0.25, -0.2) is 18.2 Å². The van der Waals surface area contributed by atoms with Crippen LogP contribution in [0.15, 0.2) is 34.2 Å². The van der Waals surface area contributed by atoms with Crippen LogP contribution in [-0.4, -0.2) is 59.6 Å². The molecule has 11 nitrogen and oxygen atoms in total. The molecule has 1 saturated heterocycles. The molecule has 0 spiro atoms. The van der Waals surface area contributed by atoms with E-state index >= 15 is 0 Å². The largest absolute Gasteiger partial charge is 0.444 e. The Morgan fingerprint density at radius 3 is 2.62 bits per heavy atom. The SMILES string of the molecule is Cn1c(S(C)(=O)=O)nc2c(C#N)c(N3CCC[C@@H](NC(=O)OC(C)(C)C)C3)n(Cc3ccccc3Cl)c2c1=O. The number of hydrogen-bond acceptors (Lipinski definition) is 8. The van der Waals surface area contributed by atoms with Crippen molar-refractivity contribution in [3.8, 4) is 6.07 Å². The summed E-state index contributed by atoms with van der Waals surface area (Å²) in [4.78, 5) is 32.3. The van der Waals surface area contributed by atoms with Crippen LogP contribution >= 0.6 is 11.6 Å². The quantitative estimate of drug-likeness (QED) is 0.458. The fraction of sp³-hybridized carbons (Fsp3) is 0.462. The molecule has 13 heteroatoms. The maximum absolute atomic E-state index is 13.6. The first kappa shape index (κ1) is 28.4. The van der Waals surface area contributed by atoms with Crippen LogP contribution in [0.5, 0.6) is 0 Å². The molecule has 1 N–H and O–H groups in total. The van der Waals surface area contributed by atoms with Gasteiger partial charge in [-0.1, -0.05) is 29.8 Å². The third-order valence-corrected chi connectivity index (χ3v) is 7.78. The Hall–Kier alpha value is -3.56. The molecule has 3 heterocycles. The van der Waals surface area contributed by atoms with Crippen LogP contribution in [0.4, 0.5) is 10.6 Å². The van der Waals surface area contributed by atoms with E-state index in [4.69, 9.17) is 16.3 Å². The highest BCUT2D eigenvalue weighted by atomic mass is 35.5.